The van der Waals surface area contributed by atoms with E-state index in [9.17, 15) is 4.79 Å². The molecule has 0 N–H and O–H groups in total. The standard InChI is InChI=1S/C30H34O6/c1-22-28(33-18-24-12-6-3-7-13-24)30(35-20-26-16-10-5-11-17-26)29(27(36-22)21-32-23(2)31)34-19-25-14-8-4-9-15-25/h3-17,22,27-30H,18-21H2,1-2H3/t22?,27-,28+,29-,30-/m1/s1. The van der Waals surface area contributed by atoms with Crippen LogP contribution in [0.5, 0.6) is 0 Å². The number of carbonyl (C=O) groups is 1. The molecule has 0 bridgehead atoms. The van der Waals surface area contributed by atoms with Gasteiger partial charge in [0.1, 0.15) is 31.0 Å². The van der Waals surface area contributed by atoms with Crippen LogP contribution in [0.3, 0.4) is 0 Å². The SMILES string of the molecule is CC(=O)OC[C@H]1OC(C)[C@H](OCc2ccccc2)[C@@H](OCc2ccccc2)[C@@H]1OCc1ccccc1. The monoisotopic (exact) mass is 490 g/mol. The van der Waals surface area contributed by atoms with Gasteiger partial charge in [0.25, 0.3) is 0 Å². The zero-order valence-corrected chi connectivity index (χ0v) is 20.8. The van der Waals surface area contributed by atoms with Crippen LogP contribution in [0.15, 0.2) is 91.0 Å². The smallest absolute Gasteiger partial charge is 0.302 e. The van der Waals surface area contributed by atoms with Crippen molar-refractivity contribution in [2.45, 2.75) is 64.2 Å². The van der Waals surface area contributed by atoms with Crippen LogP contribution in [-0.2, 0) is 48.3 Å². The fourth-order valence-electron chi connectivity index (χ4n) is 4.35. The van der Waals surface area contributed by atoms with Gasteiger partial charge in [-0.3, -0.25) is 4.79 Å². The third kappa shape index (κ3) is 7.48. The molecule has 0 saturated carbocycles. The number of rotatable bonds is 11. The van der Waals surface area contributed by atoms with Crippen LogP contribution >= 0.6 is 0 Å². The molecule has 1 heterocycles. The van der Waals surface area contributed by atoms with Gasteiger partial charge < -0.3 is 23.7 Å². The van der Waals surface area contributed by atoms with Gasteiger partial charge in [0.15, 0.2) is 0 Å². The predicted octanol–water partition coefficient (Wildman–Crippen LogP) is 5.09. The maximum atomic E-state index is 11.6. The number of hydrogen-bond donors (Lipinski definition) is 0. The lowest BCUT2D eigenvalue weighted by Crippen LogP contribution is -2.60. The molecule has 3 aromatic rings. The molecule has 1 aliphatic heterocycles. The van der Waals surface area contributed by atoms with E-state index in [1.807, 2.05) is 97.9 Å². The van der Waals surface area contributed by atoms with Crippen molar-refractivity contribution in [2.24, 2.45) is 0 Å². The van der Waals surface area contributed by atoms with Gasteiger partial charge in [-0.25, -0.2) is 0 Å². The maximum Gasteiger partial charge on any atom is 0.302 e. The van der Waals surface area contributed by atoms with E-state index in [-0.39, 0.29) is 24.8 Å². The summed E-state index contributed by atoms with van der Waals surface area (Å²) in [5, 5.41) is 0. The Bertz CT molecular complexity index is 1040. The van der Waals surface area contributed by atoms with Crippen LogP contribution in [0.25, 0.3) is 0 Å². The average Bonchev–Trinajstić information content (AvgIpc) is 2.91. The summed E-state index contributed by atoms with van der Waals surface area (Å²) in [6.45, 7) is 4.62. The lowest BCUT2D eigenvalue weighted by atomic mass is 9.94. The van der Waals surface area contributed by atoms with E-state index >= 15 is 0 Å². The fourth-order valence-corrected chi connectivity index (χ4v) is 4.35. The van der Waals surface area contributed by atoms with Gasteiger partial charge in [-0.15, -0.1) is 0 Å². The Hall–Kier alpha value is -3.03. The summed E-state index contributed by atoms with van der Waals surface area (Å²) in [7, 11) is 0. The first-order chi connectivity index (χ1) is 17.6. The van der Waals surface area contributed by atoms with E-state index in [1.54, 1.807) is 0 Å². The maximum absolute atomic E-state index is 11.6. The molecule has 0 spiro atoms. The van der Waals surface area contributed by atoms with Crippen molar-refractivity contribution in [1.29, 1.82) is 0 Å². The van der Waals surface area contributed by atoms with E-state index in [0.717, 1.165) is 16.7 Å². The molecule has 0 amide bonds. The zero-order chi connectivity index (χ0) is 25.2. The second-order valence-electron chi connectivity index (χ2n) is 8.97. The highest BCUT2D eigenvalue weighted by Crippen LogP contribution is 2.30. The van der Waals surface area contributed by atoms with Crippen molar-refractivity contribution in [3.63, 3.8) is 0 Å². The normalized spacial score (nSPS) is 23.8. The summed E-state index contributed by atoms with van der Waals surface area (Å²) in [5.74, 6) is -0.364. The van der Waals surface area contributed by atoms with E-state index in [2.05, 4.69) is 0 Å². The Balaban J connectivity index is 1.57. The minimum absolute atomic E-state index is 0.0791. The third-order valence-corrected chi connectivity index (χ3v) is 6.17. The van der Waals surface area contributed by atoms with Crippen molar-refractivity contribution in [3.8, 4) is 0 Å². The molecule has 0 aromatic heterocycles. The number of benzene rings is 3. The summed E-state index contributed by atoms with van der Waals surface area (Å²) in [6.07, 6.45) is -2.13. The van der Waals surface area contributed by atoms with Crippen molar-refractivity contribution in [1.82, 2.24) is 0 Å². The molecule has 0 aliphatic carbocycles. The van der Waals surface area contributed by atoms with Crippen molar-refractivity contribution in [2.75, 3.05) is 6.61 Å². The summed E-state index contributed by atoms with van der Waals surface area (Å²) in [6, 6.07) is 30.0. The van der Waals surface area contributed by atoms with E-state index in [1.165, 1.54) is 6.92 Å². The first-order valence-electron chi connectivity index (χ1n) is 12.4. The number of esters is 1. The fraction of sp³-hybridized carbons (Fsp3) is 0.367. The minimum Gasteiger partial charge on any atom is -0.463 e. The van der Waals surface area contributed by atoms with Gasteiger partial charge in [-0.1, -0.05) is 91.0 Å². The zero-order valence-electron chi connectivity index (χ0n) is 20.8. The van der Waals surface area contributed by atoms with E-state index < -0.39 is 18.3 Å². The highest BCUT2D eigenvalue weighted by Gasteiger charge is 2.47. The lowest BCUT2D eigenvalue weighted by molar-refractivity contribution is -0.267. The Morgan fingerprint density at radius 2 is 1.08 bits per heavy atom. The van der Waals surface area contributed by atoms with Gasteiger partial charge in [-0.2, -0.15) is 0 Å². The molecule has 6 heteroatoms. The molecule has 190 valence electrons. The number of ether oxygens (including phenoxy) is 5. The third-order valence-electron chi connectivity index (χ3n) is 6.17. The van der Waals surface area contributed by atoms with Crippen molar-refractivity contribution in [3.05, 3.63) is 108 Å². The Kier molecular flexibility index (Phi) is 9.64. The first kappa shape index (κ1) is 26.0. The molecule has 0 radical (unpaired) electrons. The number of carbonyl (C=O) groups excluding carboxylic acids is 1. The van der Waals surface area contributed by atoms with Gasteiger partial charge in [-0.05, 0) is 23.6 Å². The molecule has 1 fully saturated rings. The molecular weight excluding hydrogens is 456 g/mol. The molecule has 1 saturated heterocycles. The molecule has 6 nitrogen and oxygen atoms in total. The van der Waals surface area contributed by atoms with Crippen LogP contribution in [0.2, 0.25) is 0 Å². The summed E-state index contributed by atoms with van der Waals surface area (Å²) < 4.78 is 31.0. The van der Waals surface area contributed by atoms with Crippen LogP contribution in [0.1, 0.15) is 30.5 Å². The van der Waals surface area contributed by atoms with E-state index in [4.69, 9.17) is 23.7 Å². The molecular formula is C30H34O6. The van der Waals surface area contributed by atoms with Crippen molar-refractivity contribution < 1.29 is 28.5 Å². The van der Waals surface area contributed by atoms with Gasteiger partial charge in [0, 0.05) is 6.92 Å². The van der Waals surface area contributed by atoms with Crippen LogP contribution in [0.4, 0.5) is 0 Å². The highest BCUT2D eigenvalue weighted by molar-refractivity contribution is 5.65. The molecule has 1 unspecified atom stereocenters. The Morgan fingerprint density at radius 1 is 0.667 bits per heavy atom. The number of hydrogen-bond acceptors (Lipinski definition) is 6. The van der Waals surface area contributed by atoms with Crippen LogP contribution in [0, 0.1) is 0 Å². The second kappa shape index (κ2) is 13.3. The summed E-state index contributed by atoms with van der Waals surface area (Å²) >= 11 is 0. The minimum atomic E-state index is -0.509. The Morgan fingerprint density at radius 3 is 1.53 bits per heavy atom. The predicted molar refractivity (Wildman–Crippen MR) is 136 cm³/mol. The summed E-state index contributed by atoms with van der Waals surface area (Å²) in [4.78, 5) is 11.6. The molecule has 36 heavy (non-hydrogen) atoms. The van der Waals surface area contributed by atoms with Gasteiger partial charge in [0.2, 0.25) is 0 Å². The molecule has 3 aromatic carbocycles. The quantitative estimate of drug-likeness (QED) is 0.349. The van der Waals surface area contributed by atoms with Crippen molar-refractivity contribution >= 4 is 5.97 Å². The topological polar surface area (TPSA) is 63.2 Å². The summed E-state index contributed by atoms with van der Waals surface area (Å²) in [5.41, 5.74) is 3.15. The van der Waals surface area contributed by atoms with Gasteiger partial charge >= 0.3 is 5.97 Å². The largest absolute Gasteiger partial charge is 0.463 e. The van der Waals surface area contributed by atoms with Crippen LogP contribution in [-0.4, -0.2) is 43.1 Å². The first-order valence-corrected chi connectivity index (χ1v) is 12.4. The van der Waals surface area contributed by atoms with Crippen LogP contribution < -0.4 is 0 Å². The van der Waals surface area contributed by atoms with Gasteiger partial charge in [0.05, 0.1) is 25.9 Å². The average molecular weight is 491 g/mol. The Labute approximate surface area is 213 Å². The molecule has 1 aliphatic rings. The lowest BCUT2D eigenvalue weighted by Gasteiger charge is -2.45. The highest BCUT2D eigenvalue weighted by atomic mass is 16.6. The van der Waals surface area contributed by atoms with E-state index in [0.29, 0.717) is 19.8 Å². The molecule has 5 atom stereocenters. The second-order valence-corrected chi connectivity index (χ2v) is 8.97. The molecule has 4 rings (SSSR count).